The van der Waals surface area contributed by atoms with Gasteiger partial charge in [0, 0.05) is 4.88 Å². The third-order valence-corrected chi connectivity index (χ3v) is 4.31. The molecule has 1 heterocycles. The standard InChI is InChI=1S/C10H12ClNOS/c1-12-5-7(13)10-9(11)6-3-2-4-8(6)14-10/h12H,2-5H2,1H3. The van der Waals surface area contributed by atoms with Crippen LogP contribution in [0.2, 0.25) is 5.02 Å². The van der Waals surface area contributed by atoms with Gasteiger partial charge in [-0.15, -0.1) is 11.3 Å². The lowest BCUT2D eigenvalue weighted by atomic mass is 10.2. The van der Waals surface area contributed by atoms with Crippen LogP contribution in [-0.4, -0.2) is 19.4 Å². The van der Waals surface area contributed by atoms with Crippen LogP contribution in [0.15, 0.2) is 0 Å². The molecule has 2 rings (SSSR count). The van der Waals surface area contributed by atoms with Gasteiger partial charge in [0.15, 0.2) is 5.78 Å². The highest BCUT2D eigenvalue weighted by molar-refractivity contribution is 7.15. The minimum atomic E-state index is 0.108. The summed E-state index contributed by atoms with van der Waals surface area (Å²) in [5.74, 6) is 0.108. The maximum absolute atomic E-state index is 11.6. The summed E-state index contributed by atoms with van der Waals surface area (Å²) in [7, 11) is 1.77. The monoisotopic (exact) mass is 229 g/mol. The third-order valence-electron chi connectivity index (χ3n) is 2.45. The molecule has 1 aromatic heterocycles. The van der Waals surface area contributed by atoms with Crippen molar-refractivity contribution in [3.63, 3.8) is 0 Å². The van der Waals surface area contributed by atoms with Crippen LogP contribution >= 0.6 is 22.9 Å². The number of nitrogens with one attached hydrogen (secondary N) is 1. The van der Waals surface area contributed by atoms with E-state index in [0.29, 0.717) is 11.6 Å². The van der Waals surface area contributed by atoms with Gasteiger partial charge in [-0.2, -0.15) is 0 Å². The van der Waals surface area contributed by atoms with E-state index in [-0.39, 0.29) is 5.78 Å². The van der Waals surface area contributed by atoms with Crippen LogP contribution in [0.3, 0.4) is 0 Å². The van der Waals surface area contributed by atoms with Crippen molar-refractivity contribution in [2.24, 2.45) is 0 Å². The molecule has 76 valence electrons. The lowest BCUT2D eigenvalue weighted by Gasteiger charge is -1.97. The Morgan fingerprint density at radius 3 is 3.00 bits per heavy atom. The highest BCUT2D eigenvalue weighted by atomic mass is 35.5. The Morgan fingerprint density at radius 1 is 1.57 bits per heavy atom. The Kier molecular flexibility index (Phi) is 2.91. The molecule has 0 saturated carbocycles. The van der Waals surface area contributed by atoms with E-state index in [1.165, 1.54) is 16.9 Å². The molecule has 0 aliphatic heterocycles. The fourth-order valence-corrected chi connectivity index (χ4v) is 3.49. The highest BCUT2D eigenvalue weighted by Crippen LogP contribution is 2.38. The van der Waals surface area contributed by atoms with Crippen LogP contribution in [0.1, 0.15) is 26.5 Å². The van der Waals surface area contributed by atoms with Crippen molar-refractivity contribution in [2.75, 3.05) is 13.6 Å². The van der Waals surface area contributed by atoms with E-state index >= 15 is 0 Å². The number of hydrogen-bond donors (Lipinski definition) is 1. The van der Waals surface area contributed by atoms with Crippen molar-refractivity contribution in [1.82, 2.24) is 5.32 Å². The van der Waals surface area contributed by atoms with E-state index in [1.807, 2.05) is 0 Å². The van der Waals surface area contributed by atoms with Crippen LogP contribution in [-0.2, 0) is 12.8 Å². The summed E-state index contributed by atoms with van der Waals surface area (Å²) in [6.07, 6.45) is 3.31. The number of thiophene rings is 1. The van der Waals surface area contributed by atoms with Crippen molar-refractivity contribution < 1.29 is 4.79 Å². The van der Waals surface area contributed by atoms with Crippen molar-refractivity contribution in [3.8, 4) is 0 Å². The molecule has 1 aliphatic rings. The van der Waals surface area contributed by atoms with Crippen LogP contribution < -0.4 is 5.32 Å². The summed E-state index contributed by atoms with van der Waals surface area (Å²) < 4.78 is 0. The van der Waals surface area contributed by atoms with Gasteiger partial charge >= 0.3 is 0 Å². The molecule has 1 aromatic rings. The molecule has 0 bridgehead atoms. The summed E-state index contributed by atoms with van der Waals surface area (Å²) in [5, 5.41) is 3.57. The zero-order valence-corrected chi connectivity index (χ0v) is 9.60. The van der Waals surface area contributed by atoms with E-state index in [0.717, 1.165) is 17.7 Å². The normalized spacial score (nSPS) is 14.4. The van der Waals surface area contributed by atoms with Crippen LogP contribution in [0, 0.1) is 0 Å². The van der Waals surface area contributed by atoms with Crippen molar-refractivity contribution in [2.45, 2.75) is 19.3 Å². The Bertz CT molecular complexity index is 372. The molecule has 14 heavy (non-hydrogen) atoms. The minimum Gasteiger partial charge on any atom is -0.313 e. The molecule has 0 spiro atoms. The number of carbonyl (C=O) groups excluding carboxylic acids is 1. The number of hydrogen-bond acceptors (Lipinski definition) is 3. The van der Waals surface area contributed by atoms with Gasteiger partial charge < -0.3 is 5.32 Å². The molecule has 2 nitrogen and oxygen atoms in total. The Labute approximate surface area is 92.3 Å². The van der Waals surface area contributed by atoms with Gasteiger partial charge in [0.25, 0.3) is 0 Å². The molecular formula is C10H12ClNOS. The fraction of sp³-hybridized carbons (Fsp3) is 0.500. The summed E-state index contributed by atoms with van der Waals surface area (Å²) in [6.45, 7) is 0.374. The van der Waals surface area contributed by atoms with E-state index in [9.17, 15) is 4.79 Å². The van der Waals surface area contributed by atoms with Crippen LogP contribution in [0.5, 0.6) is 0 Å². The van der Waals surface area contributed by atoms with Gasteiger partial charge in [0.1, 0.15) is 0 Å². The van der Waals surface area contributed by atoms with Gasteiger partial charge in [-0.25, -0.2) is 0 Å². The van der Waals surface area contributed by atoms with Crippen LogP contribution in [0.4, 0.5) is 0 Å². The molecule has 1 aliphatic carbocycles. The number of halogens is 1. The van der Waals surface area contributed by atoms with Gasteiger partial charge in [-0.05, 0) is 31.9 Å². The van der Waals surface area contributed by atoms with Gasteiger partial charge in [-0.3, -0.25) is 4.79 Å². The summed E-state index contributed by atoms with van der Waals surface area (Å²) in [6, 6.07) is 0. The molecule has 0 fully saturated rings. The molecule has 0 saturated heterocycles. The highest BCUT2D eigenvalue weighted by Gasteiger charge is 2.23. The third kappa shape index (κ3) is 1.60. The van der Waals surface area contributed by atoms with Gasteiger partial charge in [-0.1, -0.05) is 11.6 Å². The first-order chi connectivity index (χ1) is 6.74. The molecule has 1 N–H and O–H groups in total. The molecular weight excluding hydrogens is 218 g/mol. The zero-order valence-electron chi connectivity index (χ0n) is 8.02. The predicted molar refractivity (Wildman–Crippen MR) is 59.6 cm³/mol. The quantitative estimate of drug-likeness (QED) is 0.806. The lowest BCUT2D eigenvalue weighted by molar-refractivity contribution is 0.0997. The van der Waals surface area contributed by atoms with Gasteiger partial charge in [0.2, 0.25) is 0 Å². The molecule has 0 atom stereocenters. The Balaban J connectivity index is 2.32. The van der Waals surface area contributed by atoms with Gasteiger partial charge in [0.05, 0.1) is 16.4 Å². The first-order valence-electron chi connectivity index (χ1n) is 4.72. The smallest absolute Gasteiger partial charge is 0.188 e. The number of aryl methyl sites for hydroxylation is 1. The maximum Gasteiger partial charge on any atom is 0.188 e. The largest absolute Gasteiger partial charge is 0.313 e. The summed E-state index contributed by atoms with van der Waals surface area (Å²) in [5.41, 5.74) is 1.22. The second-order valence-electron chi connectivity index (χ2n) is 3.45. The van der Waals surface area contributed by atoms with Crippen molar-refractivity contribution >= 4 is 28.7 Å². The molecule has 0 unspecified atom stereocenters. The lowest BCUT2D eigenvalue weighted by Crippen LogP contribution is -2.17. The fourth-order valence-electron chi connectivity index (χ4n) is 1.79. The first kappa shape index (κ1) is 10.1. The molecule has 0 radical (unpaired) electrons. The SMILES string of the molecule is CNCC(=O)c1sc2c(c1Cl)CCC2. The number of likely N-dealkylation sites (N-methyl/N-ethyl adjacent to an activating group) is 1. The first-order valence-corrected chi connectivity index (χ1v) is 5.91. The Hall–Kier alpha value is -0.380. The van der Waals surface area contributed by atoms with E-state index < -0.39 is 0 Å². The minimum absolute atomic E-state index is 0.108. The number of ketones is 1. The summed E-state index contributed by atoms with van der Waals surface area (Å²) in [4.78, 5) is 13.7. The predicted octanol–water partition coefficient (Wildman–Crippen LogP) is 2.29. The Morgan fingerprint density at radius 2 is 2.36 bits per heavy atom. The second-order valence-corrected chi connectivity index (χ2v) is 4.94. The van der Waals surface area contributed by atoms with Crippen molar-refractivity contribution in [3.05, 3.63) is 20.3 Å². The summed E-state index contributed by atoms with van der Waals surface area (Å²) >= 11 is 7.74. The molecule has 0 amide bonds. The average molecular weight is 230 g/mol. The molecule has 4 heteroatoms. The zero-order chi connectivity index (χ0) is 10.1. The number of carbonyl (C=O) groups is 1. The number of fused-ring (bicyclic) bond motifs is 1. The van der Waals surface area contributed by atoms with E-state index in [2.05, 4.69) is 5.32 Å². The number of Topliss-reactive ketones (excluding diaryl/α,β-unsaturated/α-hetero) is 1. The second kappa shape index (κ2) is 4.01. The maximum atomic E-state index is 11.6. The van der Waals surface area contributed by atoms with Crippen LogP contribution in [0.25, 0.3) is 0 Å². The number of rotatable bonds is 3. The van der Waals surface area contributed by atoms with E-state index in [4.69, 9.17) is 11.6 Å². The molecule has 0 aromatic carbocycles. The van der Waals surface area contributed by atoms with E-state index in [1.54, 1.807) is 18.4 Å². The topological polar surface area (TPSA) is 29.1 Å². The van der Waals surface area contributed by atoms with Crippen molar-refractivity contribution in [1.29, 1.82) is 0 Å². The average Bonchev–Trinajstić information content (AvgIpc) is 2.69.